The van der Waals surface area contributed by atoms with E-state index >= 15 is 0 Å². The van der Waals surface area contributed by atoms with Gasteiger partial charge in [0.25, 0.3) is 0 Å². The fraction of sp³-hybridized carbons (Fsp3) is 0.700. The molecule has 0 aromatic rings. The fourth-order valence-corrected chi connectivity index (χ4v) is 6.62. The Morgan fingerprint density at radius 1 is 1.18 bits per heavy atom. The molecule has 0 spiro atoms. The topological polar surface area (TPSA) is 46.5 Å². The molecule has 0 heterocycles. The molecule has 1 N–H and O–H groups in total. The van der Waals surface area contributed by atoms with Crippen LogP contribution in [0, 0.1) is 35.0 Å². The molecule has 0 aromatic heterocycles. The molecule has 0 radical (unpaired) electrons. The maximum absolute atomic E-state index is 11.5. The van der Waals surface area contributed by atoms with Crippen LogP contribution in [-0.2, 0) is 9.53 Å². The van der Waals surface area contributed by atoms with Crippen LogP contribution in [0.4, 0.5) is 0 Å². The van der Waals surface area contributed by atoms with Crippen molar-refractivity contribution in [3.63, 3.8) is 0 Å². The van der Waals surface area contributed by atoms with E-state index in [1.807, 2.05) is 0 Å². The SMILES string of the molecule is C=C1/C(=C/C=C2\CCC[C@]3(C)C([C@H](C)/C=C/[C@H](C)C(C)C)CC[C@@H]23)C[C@@H](O)C[C@@H]1OC(C)=O. The Kier molecular flexibility index (Phi) is 8.48. The van der Waals surface area contributed by atoms with E-state index in [4.69, 9.17) is 4.74 Å². The molecule has 0 bridgehead atoms. The molecule has 3 saturated carbocycles. The van der Waals surface area contributed by atoms with Gasteiger partial charge in [-0.25, -0.2) is 0 Å². The Morgan fingerprint density at radius 3 is 2.58 bits per heavy atom. The van der Waals surface area contributed by atoms with Crippen LogP contribution in [0.2, 0.25) is 0 Å². The van der Waals surface area contributed by atoms with Crippen LogP contribution < -0.4 is 0 Å². The Hall–Kier alpha value is -1.61. The molecule has 0 aromatic carbocycles. The fourth-order valence-electron chi connectivity index (χ4n) is 6.62. The van der Waals surface area contributed by atoms with Gasteiger partial charge in [0.15, 0.2) is 0 Å². The molecule has 0 aliphatic heterocycles. The van der Waals surface area contributed by atoms with Crippen LogP contribution in [0.1, 0.15) is 86.5 Å². The highest BCUT2D eigenvalue weighted by Crippen LogP contribution is 2.59. The van der Waals surface area contributed by atoms with Crippen molar-refractivity contribution >= 4 is 5.97 Å². The first kappa shape index (κ1) is 26.0. The van der Waals surface area contributed by atoms with Crippen LogP contribution in [0.15, 0.2) is 47.6 Å². The van der Waals surface area contributed by atoms with E-state index < -0.39 is 12.2 Å². The largest absolute Gasteiger partial charge is 0.458 e. The molecule has 3 aliphatic carbocycles. The Balaban J connectivity index is 1.77. The summed E-state index contributed by atoms with van der Waals surface area (Å²) in [5.41, 5.74) is 3.78. The van der Waals surface area contributed by atoms with E-state index in [2.05, 4.69) is 65.5 Å². The van der Waals surface area contributed by atoms with E-state index in [0.29, 0.717) is 41.9 Å². The number of aliphatic hydroxyl groups excluding tert-OH is 1. The highest BCUT2D eigenvalue weighted by atomic mass is 16.5. The second-order valence-electron chi connectivity index (χ2n) is 11.6. The van der Waals surface area contributed by atoms with Crippen LogP contribution in [-0.4, -0.2) is 23.3 Å². The first-order chi connectivity index (χ1) is 15.5. The van der Waals surface area contributed by atoms with Crippen molar-refractivity contribution in [3.05, 3.63) is 47.6 Å². The van der Waals surface area contributed by atoms with Gasteiger partial charge in [0.2, 0.25) is 0 Å². The van der Waals surface area contributed by atoms with E-state index in [1.54, 1.807) is 5.57 Å². The van der Waals surface area contributed by atoms with Crippen LogP contribution in [0.25, 0.3) is 0 Å². The van der Waals surface area contributed by atoms with Crippen molar-refractivity contribution in [2.75, 3.05) is 0 Å². The van der Waals surface area contributed by atoms with E-state index in [1.165, 1.54) is 32.6 Å². The van der Waals surface area contributed by atoms with Gasteiger partial charge in [-0.1, -0.05) is 71.1 Å². The number of rotatable bonds is 6. The molecular weight excluding hydrogens is 408 g/mol. The minimum atomic E-state index is -0.488. The van der Waals surface area contributed by atoms with Crippen molar-refractivity contribution in [1.29, 1.82) is 0 Å². The lowest BCUT2D eigenvalue weighted by atomic mass is 9.61. The third-order valence-electron chi connectivity index (χ3n) is 8.99. The smallest absolute Gasteiger partial charge is 0.303 e. The van der Waals surface area contributed by atoms with Gasteiger partial charge in [-0.05, 0) is 84.7 Å². The molecule has 184 valence electrons. The van der Waals surface area contributed by atoms with Gasteiger partial charge in [-0.15, -0.1) is 0 Å². The molecular formula is C30H46O3. The molecule has 3 rings (SSSR count). The van der Waals surface area contributed by atoms with Gasteiger partial charge in [0.1, 0.15) is 6.10 Å². The summed E-state index contributed by atoms with van der Waals surface area (Å²) in [6, 6.07) is 0. The third-order valence-corrected chi connectivity index (χ3v) is 8.99. The molecule has 3 heteroatoms. The average Bonchev–Trinajstić information content (AvgIpc) is 3.10. The van der Waals surface area contributed by atoms with Crippen LogP contribution >= 0.6 is 0 Å². The summed E-state index contributed by atoms with van der Waals surface area (Å²) < 4.78 is 5.41. The summed E-state index contributed by atoms with van der Waals surface area (Å²) >= 11 is 0. The van der Waals surface area contributed by atoms with Gasteiger partial charge >= 0.3 is 5.97 Å². The number of carbonyl (C=O) groups excluding carboxylic acids is 1. The van der Waals surface area contributed by atoms with Gasteiger partial charge < -0.3 is 9.84 Å². The number of hydrogen-bond donors (Lipinski definition) is 1. The third kappa shape index (κ3) is 5.91. The number of ether oxygens (including phenoxy) is 1. The van der Waals surface area contributed by atoms with Crippen LogP contribution in [0.5, 0.6) is 0 Å². The van der Waals surface area contributed by atoms with Gasteiger partial charge in [0, 0.05) is 13.3 Å². The molecule has 33 heavy (non-hydrogen) atoms. The Bertz CT molecular complexity index is 816. The van der Waals surface area contributed by atoms with Crippen molar-refractivity contribution in [2.45, 2.75) is 98.7 Å². The van der Waals surface area contributed by atoms with Gasteiger partial charge in [0.05, 0.1) is 6.10 Å². The molecule has 3 fully saturated rings. The second kappa shape index (κ2) is 10.8. The number of fused-ring (bicyclic) bond motifs is 1. The van der Waals surface area contributed by atoms with Crippen molar-refractivity contribution in [3.8, 4) is 0 Å². The number of aliphatic hydroxyl groups is 1. The van der Waals surface area contributed by atoms with E-state index in [9.17, 15) is 9.90 Å². The predicted octanol–water partition coefficient (Wildman–Crippen LogP) is 7.18. The second-order valence-corrected chi connectivity index (χ2v) is 11.6. The summed E-state index contributed by atoms with van der Waals surface area (Å²) in [6.45, 7) is 17.5. The molecule has 1 unspecified atom stereocenters. The minimum Gasteiger partial charge on any atom is -0.458 e. The standard InChI is InChI=1S/C30H46O3/c1-19(2)20(3)10-11-21(4)27-14-15-28-24(9-8-16-30(27,28)7)12-13-25-17-26(32)18-29(22(25)5)33-23(6)31/h10-13,19-21,26-29,32H,5,8-9,14-18H2,1-4,6-7H3/b11-10+,24-12+,25-13+/t20-,21+,26+,27?,28-,29-,30+/m0/s1. The summed E-state index contributed by atoms with van der Waals surface area (Å²) in [6.07, 6.45) is 15.8. The number of esters is 1. The predicted molar refractivity (Wildman–Crippen MR) is 137 cm³/mol. The normalized spacial score (nSPS) is 37.0. The minimum absolute atomic E-state index is 0.320. The van der Waals surface area contributed by atoms with E-state index in [0.717, 1.165) is 23.5 Å². The van der Waals surface area contributed by atoms with Crippen molar-refractivity contribution in [2.24, 2.45) is 35.0 Å². The number of carbonyl (C=O) groups is 1. The van der Waals surface area contributed by atoms with Crippen LogP contribution in [0.3, 0.4) is 0 Å². The lowest BCUT2D eigenvalue weighted by Gasteiger charge is -2.44. The first-order valence-corrected chi connectivity index (χ1v) is 13.1. The summed E-state index contributed by atoms with van der Waals surface area (Å²) in [4.78, 5) is 11.5. The summed E-state index contributed by atoms with van der Waals surface area (Å²) in [5, 5.41) is 10.3. The van der Waals surface area contributed by atoms with Crippen molar-refractivity contribution < 1.29 is 14.6 Å². The average molecular weight is 455 g/mol. The molecule has 7 atom stereocenters. The van der Waals surface area contributed by atoms with E-state index in [-0.39, 0.29) is 5.97 Å². The van der Waals surface area contributed by atoms with Gasteiger partial charge in [-0.3, -0.25) is 4.79 Å². The first-order valence-electron chi connectivity index (χ1n) is 13.1. The molecule has 0 saturated heterocycles. The highest BCUT2D eigenvalue weighted by Gasteiger charge is 2.50. The maximum Gasteiger partial charge on any atom is 0.303 e. The maximum atomic E-state index is 11.5. The lowest BCUT2D eigenvalue weighted by Crippen LogP contribution is -2.35. The Morgan fingerprint density at radius 2 is 1.91 bits per heavy atom. The zero-order chi connectivity index (χ0) is 24.3. The number of allylic oxidation sites excluding steroid dienone is 5. The number of hydrogen-bond acceptors (Lipinski definition) is 3. The van der Waals surface area contributed by atoms with Gasteiger partial charge in [-0.2, -0.15) is 0 Å². The molecule has 0 amide bonds. The zero-order valence-corrected chi connectivity index (χ0v) is 21.8. The summed E-state index contributed by atoms with van der Waals surface area (Å²) in [5.74, 6) is 2.97. The molecule has 3 aliphatic rings. The zero-order valence-electron chi connectivity index (χ0n) is 21.8. The highest BCUT2D eigenvalue weighted by molar-refractivity contribution is 5.66. The molecule has 3 nitrogen and oxygen atoms in total. The lowest BCUT2D eigenvalue weighted by molar-refractivity contribution is -0.146. The van der Waals surface area contributed by atoms with Crippen molar-refractivity contribution in [1.82, 2.24) is 0 Å². The Labute approximate surface area is 202 Å². The monoisotopic (exact) mass is 454 g/mol. The quantitative estimate of drug-likeness (QED) is 0.341. The summed E-state index contributed by atoms with van der Waals surface area (Å²) in [7, 11) is 0.